The first-order chi connectivity index (χ1) is 9.09. The van der Waals surface area contributed by atoms with Gasteiger partial charge in [0, 0.05) is 25.2 Å². The van der Waals surface area contributed by atoms with E-state index in [-0.39, 0.29) is 12.2 Å². The van der Waals surface area contributed by atoms with Crippen molar-refractivity contribution in [3.8, 4) is 11.8 Å². The quantitative estimate of drug-likeness (QED) is 0.820. The Morgan fingerprint density at radius 3 is 3.00 bits per heavy atom. The van der Waals surface area contributed by atoms with Crippen molar-refractivity contribution >= 4 is 0 Å². The van der Waals surface area contributed by atoms with Crippen LogP contribution < -0.4 is 0 Å². The van der Waals surface area contributed by atoms with Gasteiger partial charge in [0.05, 0.1) is 12.2 Å². The molecule has 2 rings (SSSR count). The monoisotopic (exact) mass is 259 g/mol. The molecule has 0 unspecified atom stereocenters. The normalized spacial score (nSPS) is 18.7. The lowest BCUT2D eigenvalue weighted by Crippen LogP contribution is -2.47. The number of morpholine rings is 1. The van der Waals surface area contributed by atoms with E-state index in [1.54, 1.807) is 0 Å². The van der Waals surface area contributed by atoms with Crippen LogP contribution in [0, 0.1) is 11.8 Å². The lowest BCUT2D eigenvalue weighted by atomic mass is 10.1. The van der Waals surface area contributed by atoms with Gasteiger partial charge < -0.3 is 9.84 Å². The maximum Gasteiger partial charge on any atom is 0.104 e. The fraction of sp³-hybridized carbons (Fsp3) is 0.500. The summed E-state index contributed by atoms with van der Waals surface area (Å²) in [6, 6.07) is 8.19. The van der Waals surface area contributed by atoms with Crippen LogP contribution in [0.4, 0.5) is 0 Å². The summed E-state index contributed by atoms with van der Waals surface area (Å²) in [7, 11) is 0. The lowest BCUT2D eigenvalue weighted by Gasteiger charge is -2.38. The van der Waals surface area contributed by atoms with E-state index in [9.17, 15) is 0 Å². The summed E-state index contributed by atoms with van der Waals surface area (Å²) in [5, 5.41) is 8.72. The van der Waals surface area contributed by atoms with E-state index >= 15 is 0 Å². The zero-order chi connectivity index (χ0) is 13.7. The zero-order valence-corrected chi connectivity index (χ0v) is 11.6. The van der Waals surface area contributed by atoms with Gasteiger partial charge >= 0.3 is 0 Å². The maximum absolute atomic E-state index is 8.72. The Labute approximate surface area is 115 Å². The summed E-state index contributed by atoms with van der Waals surface area (Å²) in [5.74, 6) is 5.63. The van der Waals surface area contributed by atoms with Gasteiger partial charge in [0.15, 0.2) is 0 Å². The Morgan fingerprint density at radius 1 is 1.42 bits per heavy atom. The molecule has 1 heterocycles. The van der Waals surface area contributed by atoms with Crippen LogP contribution in [-0.4, -0.2) is 41.9 Å². The molecule has 0 bridgehead atoms. The van der Waals surface area contributed by atoms with Crippen molar-refractivity contribution in [2.75, 3.05) is 26.3 Å². The number of benzene rings is 1. The third-order valence-electron chi connectivity index (χ3n) is 3.15. The van der Waals surface area contributed by atoms with E-state index in [1.165, 1.54) is 5.56 Å². The molecule has 0 aromatic heterocycles. The largest absolute Gasteiger partial charge is 0.384 e. The lowest BCUT2D eigenvalue weighted by molar-refractivity contribution is -0.0882. The average Bonchev–Trinajstić information content (AvgIpc) is 2.35. The second kappa shape index (κ2) is 6.21. The smallest absolute Gasteiger partial charge is 0.104 e. The van der Waals surface area contributed by atoms with Crippen LogP contribution in [0.2, 0.25) is 0 Å². The van der Waals surface area contributed by atoms with Gasteiger partial charge in [0.1, 0.15) is 6.61 Å². The van der Waals surface area contributed by atoms with Gasteiger partial charge in [-0.3, -0.25) is 4.90 Å². The highest BCUT2D eigenvalue weighted by Crippen LogP contribution is 2.18. The fourth-order valence-corrected chi connectivity index (χ4v) is 2.40. The molecule has 0 amide bonds. The third kappa shape index (κ3) is 4.36. The van der Waals surface area contributed by atoms with Crippen LogP contribution in [0.5, 0.6) is 0 Å². The highest BCUT2D eigenvalue weighted by Gasteiger charge is 2.26. The molecule has 1 aromatic rings. The summed E-state index contributed by atoms with van der Waals surface area (Å²) in [5.41, 5.74) is 2.15. The van der Waals surface area contributed by atoms with Gasteiger partial charge in [-0.1, -0.05) is 24.0 Å². The molecule has 0 spiro atoms. The van der Waals surface area contributed by atoms with E-state index in [0.717, 1.165) is 31.8 Å². The van der Waals surface area contributed by atoms with Gasteiger partial charge in [-0.15, -0.1) is 0 Å². The number of nitrogens with zero attached hydrogens (tertiary/aromatic N) is 1. The van der Waals surface area contributed by atoms with Crippen molar-refractivity contribution in [1.29, 1.82) is 0 Å². The van der Waals surface area contributed by atoms with Crippen LogP contribution in [0.3, 0.4) is 0 Å². The van der Waals surface area contributed by atoms with E-state index in [2.05, 4.69) is 42.7 Å². The number of rotatable bonds is 2. The van der Waals surface area contributed by atoms with Gasteiger partial charge in [-0.05, 0) is 31.5 Å². The minimum atomic E-state index is -0.0954. The molecule has 0 radical (unpaired) electrons. The first-order valence-electron chi connectivity index (χ1n) is 6.64. The summed E-state index contributed by atoms with van der Waals surface area (Å²) in [4.78, 5) is 2.40. The SMILES string of the molecule is CC1(C)CN(Cc2cccc(C#CCO)c2)CCO1. The number of aliphatic hydroxyl groups excluding tert-OH is 1. The van der Waals surface area contributed by atoms with Crippen molar-refractivity contribution in [3.05, 3.63) is 35.4 Å². The highest BCUT2D eigenvalue weighted by molar-refractivity contribution is 5.37. The van der Waals surface area contributed by atoms with Crippen molar-refractivity contribution in [2.24, 2.45) is 0 Å². The number of ether oxygens (including phenoxy) is 1. The van der Waals surface area contributed by atoms with Crippen molar-refractivity contribution in [3.63, 3.8) is 0 Å². The van der Waals surface area contributed by atoms with Gasteiger partial charge in [-0.25, -0.2) is 0 Å². The summed E-state index contributed by atoms with van der Waals surface area (Å²) >= 11 is 0. The topological polar surface area (TPSA) is 32.7 Å². The van der Waals surface area contributed by atoms with Gasteiger partial charge in [0.2, 0.25) is 0 Å². The van der Waals surface area contributed by atoms with E-state index < -0.39 is 0 Å². The molecule has 102 valence electrons. The molecule has 1 saturated heterocycles. The molecule has 3 heteroatoms. The Balaban J connectivity index is 2.02. The fourth-order valence-electron chi connectivity index (χ4n) is 2.40. The number of hydrogen-bond donors (Lipinski definition) is 1. The molecule has 19 heavy (non-hydrogen) atoms. The van der Waals surface area contributed by atoms with Crippen molar-refractivity contribution in [1.82, 2.24) is 4.90 Å². The molecule has 0 atom stereocenters. The maximum atomic E-state index is 8.72. The molecule has 1 fully saturated rings. The second-order valence-corrected chi connectivity index (χ2v) is 5.48. The molecule has 1 aliphatic rings. The Hall–Kier alpha value is -1.34. The standard InChI is InChI=1S/C16H21NO2/c1-16(2)13-17(8-10-19-16)12-15-6-3-5-14(11-15)7-4-9-18/h3,5-6,11,18H,8-10,12-13H2,1-2H3. The van der Waals surface area contributed by atoms with Crippen LogP contribution in [0.1, 0.15) is 25.0 Å². The summed E-state index contributed by atoms with van der Waals surface area (Å²) in [6.07, 6.45) is 0. The van der Waals surface area contributed by atoms with E-state index in [0.29, 0.717) is 0 Å². The first-order valence-corrected chi connectivity index (χ1v) is 6.64. The van der Waals surface area contributed by atoms with Gasteiger partial charge in [-0.2, -0.15) is 0 Å². The molecular formula is C16H21NO2. The van der Waals surface area contributed by atoms with Crippen molar-refractivity contribution in [2.45, 2.75) is 26.0 Å². The Morgan fingerprint density at radius 2 is 2.26 bits per heavy atom. The summed E-state index contributed by atoms with van der Waals surface area (Å²) in [6.45, 7) is 7.78. The number of aliphatic hydroxyl groups is 1. The average molecular weight is 259 g/mol. The van der Waals surface area contributed by atoms with Crippen LogP contribution in [0.15, 0.2) is 24.3 Å². The second-order valence-electron chi connectivity index (χ2n) is 5.48. The highest BCUT2D eigenvalue weighted by atomic mass is 16.5. The minimum Gasteiger partial charge on any atom is -0.384 e. The first kappa shape index (κ1) is 14.1. The molecule has 1 N–H and O–H groups in total. The Kier molecular flexibility index (Phi) is 4.60. The molecule has 1 aliphatic heterocycles. The summed E-state index contributed by atoms with van der Waals surface area (Å²) < 4.78 is 5.72. The zero-order valence-electron chi connectivity index (χ0n) is 11.6. The van der Waals surface area contributed by atoms with Gasteiger partial charge in [0.25, 0.3) is 0 Å². The van der Waals surface area contributed by atoms with E-state index in [1.807, 2.05) is 12.1 Å². The minimum absolute atomic E-state index is 0.0629. The van der Waals surface area contributed by atoms with Crippen LogP contribution in [-0.2, 0) is 11.3 Å². The van der Waals surface area contributed by atoms with Crippen molar-refractivity contribution < 1.29 is 9.84 Å². The van der Waals surface area contributed by atoms with Crippen LogP contribution in [0.25, 0.3) is 0 Å². The predicted molar refractivity (Wildman–Crippen MR) is 75.7 cm³/mol. The molecular weight excluding hydrogens is 238 g/mol. The molecule has 3 nitrogen and oxygen atoms in total. The molecule has 0 saturated carbocycles. The van der Waals surface area contributed by atoms with E-state index in [4.69, 9.17) is 9.84 Å². The van der Waals surface area contributed by atoms with Crippen LogP contribution >= 0.6 is 0 Å². The number of hydrogen-bond acceptors (Lipinski definition) is 3. The molecule has 0 aliphatic carbocycles. The Bertz CT molecular complexity index is 485. The molecule has 1 aromatic carbocycles. The third-order valence-corrected chi connectivity index (χ3v) is 3.15. The predicted octanol–water partition coefficient (Wildman–Crippen LogP) is 1.64.